The van der Waals surface area contributed by atoms with Crippen LogP contribution in [0.4, 0.5) is 0 Å². The van der Waals surface area contributed by atoms with Crippen molar-refractivity contribution < 1.29 is 0 Å². The summed E-state index contributed by atoms with van der Waals surface area (Å²) in [7, 11) is 0. The van der Waals surface area contributed by atoms with Gasteiger partial charge in [-0.1, -0.05) is 0 Å². The highest BCUT2D eigenvalue weighted by atomic mass is 32.1. The number of thiazole rings is 1. The molecule has 0 fully saturated rings. The van der Waals surface area contributed by atoms with E-state index in [-0.39, 0.29) is 0 Å². The number of aromatic nitrogens is 2. The van der Waals surface area contributed by atoms with Gasteiger partial charge in [0.2, 0.25) is 0 Å². The van der Waals surface area contributed by atoms with E-state index in [1.54, 1.807) is 11.3 Å². The Morgan fingerprint density at radius 2 is 1.95 bits per heavy atom. The molecule has 100 valence electrons. The maximum Gasteiger partial charge on any atom is 0.194 e. The van der Waals surface area contributed by atoms with Crippen LogP contribution in [0.25, 0.3) is 4.96 Å². The number of rotatable bonds is 4. The number of fused-ring (bicyclic) bond motifs is 1. The van der Waals surface area contributed by atoms with E-state index in [0.717, 1.165) is 23.7 Å². The average Bonchev–Trinajstić information content (AvgIpc) is 2.97. The third-order valence-corrected chi connectivity index (χ3v) is 5.03. The quantitative estimate of drug-likeness (QED) is 0.794. The minimum Gasteiger partial charge on any atom is -0.306 e. The number of imidazole rings is 1. The maximum atomic E-state index is 4.61. The molecule has 3 heterocycles. The lowest BCUT2D eigenvalue weighted by Crippen LogP contribution is -2.13. The Bertz CT molecular complexity index is 705. The number of hydrogen-bond acceptors (Lipinski definition) is 4. The summed E-state index contributed by atoms with van der Waals surface area (Å²) in [5.41, 5.74) is 2.40. The van der Waals surface area contributed by atoms with Crippen LogP contribution >= 0.6 is 22.7 Å². The molecule has 0 saturated heterocycles. The van der Waals surface area contributed by atoms with E-state index in [1.165, 1.54) is 20.3 Å². The van der Waals surface area contributed by atoms with Crippen LogP contribution in [0.1, 0.15) is 26.0 Å². The van der Waals surface area contributed by atoms with Crippen molar-refractivity contribution in [3.05, 3.63) is 44.3 Å². The van der Waals surface area contributed by atoms with Gasteiger partial charge in [-0.3, -0.25) is 4.40 Å². The van der Waals surface area contributed by atoms with Crippen LogP contribution in [0.3, 0.4) is 0 Å². The van der Waals surface area contributed by atoms with E-state index in [4.69, 9.17) is 0 Å². The molecular weight excluding hydrogens is 274 g/mol. The number of thiophene rings is 1. The molecule has 0 bridgehead atoms. The molecule has 0 unspecified atom stereocenters. The molecular formula is C14H17N3S2. The topological polar surface area (TPSA) is 29.3 Å². The second-order valence-electron chi connectivity index (χ2n) is 4.75. The molecule has 0 aromatic carbocycles. The number of aryl methyl sites for hydroxylation is 3. The van der Waals surface area contributed by atoms with Crippen molar-refractivity contribution >= 4 is 27.6 Å². The predicted octanol–water partition coefficient (Wildman–Crippen LogP) is 3.67. The van der Waals surface area contributed by atoms with Gasteiger partial charge in [0.25, 0.3) is 0 Å². The van der Waals surface area contributed by atoms with Gasteiger partial charge in [0.05, 0.1) is 11.4 Å². The molecule has 3 aromatic rings. The molecule has 5 heteroatoms. The van der Waals surface area contributed by atoms with Crippen LogP contribution in [-0.2, 0) is 13.1 Å². The summed E-state index contributed by atoms with van der Waals surface area (Å²) >= 11 is 3.60. The Kier molecular flexibility index (Phi) is 3.43. The molecule has 3 nitrogen and oxygen atoms in total. The largest absolute Gasteiger partial charge is 0.306 e. The predicted molar refractivity (Wildman–Crippen MR) is 82.1 cm³/mol. The molecule has 0 aliphatic heterocycles. The molecule has 0 amide bonds. The maximum absolute atomic E-state index is 4.61. The fourth-order valence-corrected chi connectivity index (χ4v) is 3.96. The third kappa shape index (κ3) is 2.59. The average molecular weight is 291 g/mol. The molecule has 19 heavy (non-hydrogen) atoms. The summed E-state index contributed by atoms with van der Waals surface area (Å²) in [4.78, 5) is 9.76. The molecule has 1 N–H and O–H groups in total. The van der Waals surface area contributed by atoms with Gasteiger partial charge in [0.1, 0.15) is 0 Å². The number of nitrogens with one attached hydrogen (secondary N) is 1. The summed E-state index contributed by atoms with van der Waals surface area (Å²) in [6.07, 6.45) is 2.17. The van der Waals surface area contributed by atoms with Gasteiger partial charge in [-0.05, 0) is 32.9 Å². The lowest BCUT2D eigenvalue weighted by molar-refractivity contribution is 0.679. The lowest BCUT2D eigenvalue weighted by Gasteiger charge is -2.03. The SMILES string of the molecule is Cc1ccc(CNCc2c(C)nc3sc(C)cn23)s1. The Morgan fingerprint density at radius 3 is 2.68 bits per heavy atom. The van der Waals surface area contributed by atoms with E-state index in [2.05, 4.69) is 53.8 Å². The van der Waals surface area contributed by atoms with Gasteiger partial charge in [0, 0.05) is 33.9 Å². The second kappa shape index (κ2) is 5.07. The molecule has 0 aliphatic rings. The molecule has 0 radical (unpaired) electrons. The van der Waals surface area contributed by atoms with Crippen LogP contribution < -0.4 is 5.32 Å². The zero-order chi connectivity index (χ0) is 13.4. The number of nitrogens with zero attached hydrogens (tertiary/aromatic N) is 2. The van der Waals surface area contributed by atoms with Gasteiger partial charge in [-0.15, -0.1) is 22.7 Å². The third-order valence-electron chi connectivity index (χ3n) is 3.13. The molecule has 0 aliphatic carbocycles. The molecule has 0 spiro atoms. The van der Waals surface area contributed by atoms with Gasteiger partial charge >= 0.3 is 0 Å². The van der Waals surface area contributed by atoms with E-state index in [0.29, 0.717) is 0 Å². The Labute approximate surface area is 120 Å². The van der Waals surface area contributed by atoms with Crippen molar-refractivity contribution in [2.45, 2.75) is 33.9 Å². The van der Waals surface area contributed by atoms with E-state index >= 15 is 0 Å². The minimum atomic E-state index is 0.861. The van der Waals surface area contributed by atoms with E-state index in [1.807, 2.05) is 11.3 Å². The summed E-state index contributed by atoms with van der Waals surface area (Å²) < 4.78 is 2.21. The zero-order valence-corrected chi connectivity index (χ0v) is 13.0. The highest BCUT2D eigenvalue weighted by Gasteiger charge is 2.10. The van der Waals surface area contributed by atoms with Crippen LogP contribution in [0, 0.1) is 20.8 Å². The Hall–Kier alpha value is -1.17. The van der Waals surface area contributed by atoms with Crippen molar-refractivity contribution in [1.29, 1.82) is 0 Å². The van der Waals surface area contributed by atoms with Crippen molar-refractivity contribution in [2.24, 2.45) is 0 Å². The molecule has 3 aromatic heterocycles. The molecule has 0 atom stereocenters. The van der Waals surface area contributed by atoms with Crippen LogP contribution in [0.15, 0.2) is 18.3 Å². The van der Waals surface area contributed by atoms with Gasteiger partial charge in [0.15, 0.2) is 4.96 Å². The summed E-state index contributed by atoms with van der Waals surface area (Å²) in [6.45, 7) is 8.14. The van der Waals surface area contributed by atoms with Gasteiger partial charge in [-0.2, -0.15) is 0 Å². The first kappa shape index (κ1) is 12.8. The second-order valence-corrected chi connectivity index (χ2v) is 7.34. The lowest BCUT2D eigenvalue weighted by atomic mass is 10.3. The summed E-state index contributed by atoms with van der Waals surface area (Å²) in [6, 6.07) is 4.37. The van der Waals surface area contributed by atoms with Crippen molar-refractivity contribution in [2.75, 3.05) is 0 Å². The monoisotopic (exact) mass is 291 g/mol. The Morgan fingerprint density at radius 1 is 1.11 bits per heavy atom. The van der Waals surface area contributed by atoms with Gasteiger partial charge < -0.3 is 5.32 Å². The normalized spacial score (nSPS) is 11.5. The highest BCUT2D eigenvalue weighted by molar-refractivity contribution is 7.17. The van der Waals surface area contributed by atoms with Crippen molar-refractivity contribution in [3.63, 3.8) is 0 Å². The first-order valence-corrected chi connectivity index (χ1v) is 7.97. The fraction of sp³-hybridized carbons (Fsp3) is 0.357. The Balaban J connectivity index is 1.72. The first-order valence-electron chi connectivity index (χ1n) is 6.33. The molecule has 0 saturated carbocycles. The zero-order valence-electron chi connectivity index (χ0n) is 11.4. The minimum absolute atomic E-state index is 0.861. The van der Waals surface area contributed by atoms with Crippen LogP contribution in [0.5, 0.6) is 0 Å². The molecule has 3 rings (SSSR count). The summed E-state index contributed by atoms with van der Waals surface area (Å²) in [5.74, 6) is 0. The van der Waals surface area contributed by atoms with E-state index < -0.39 is 0 Å². The fourth-order valence-electron chi connectivity index (χ4n) is 2.21. The summed E-state index contributed by atoms with van der Waals surface area (Å²) in [5, 5.41) is 3.51. The van der Waals surface area contributed by atoms with Gasteiger partial charge in [-0.25, -0.2) is 4.98 Å². The van der Waals surface area contributed by atoms with Crippen molar-refractivity contribution in [3.8, 4) is 0 Å². The van der Waals surface area contributed by atoms with Crippen LogP contribution in [0.2, 0.25) is 0 Å². The number of hydrogen-bond donors (Lipinski definition) is 1. The first-order chi connectivity index (χ1) is 9.13. The smallest absolute Gasteiger partial charge is 0.194 e. The standard InChI is InChI=1S/C14H17N3S2/c1-9-4-5-12(18-9)6-15-7-13-11(3)16-14-17(13)8-10(2)19-14/h4-5,8,15H,6-7H2,1-3H3. The van der Waals surface area contributed by atoms with Crippen LogP contribution in [-0.4, -0.2) is 9.38 Å². The van der Waals surface area contributed by atoms with Crippen molar-refractivity contribution in [1.82, 2.24) is 14.7 Å². The van der Waals surface area contributed by atoms with E-state index in [9.17, 15) is 0 Å². The highest BCUT2D eigenvalue weighted by Crippen LogP contribution is 2.21.